The van der Waals surface area contributed by atoms with Crippen LogP contribution in [0.25, 0.3) is 10.8 Å². The minimum absolute atomic E-state index is 0.112. The second-order valence-corrected chi connectivity index (χ2v) is 5.27. The van der Waals surface area contributed by atoms with Gasteiger partial charge in [-0.25, -0.2) is 0 Å². The maximum Gasteiger partial charge on any atom is 0.0324 e. The lowest BCUT2D eigenvalue weighted by Crippen LogP contribution is -2.17. The summed E-state index contributed by atoms with van der Waals surface area (Å²) in [5.41, 5.74) is 10.2. The molecule has 0 saturated carbocycles. The second-order valence-electron chi connectivity index (χ2n) is 5.27. The first-order valence-corrected chi connectivity index (χ1v) is 6.26. The normalized spacial score (nSPS) is 13.3. The monoisotopic (exact) mass is 227 g/mol. The van der Waals surface area contributed by atoms with Crippen LogP contribution in [0.2, 0.25) is 0 Å². The van der Waals surface area contributed by atoms with Gasteiger partial charge in [0.15, 0.2) is 0 Å². The number of aryl methyl sites for hydroxylation is 2. The van der Waals surface area contributed by atoms with Gasteiger partial charge in [-0.1, -0.05) is 44.2 Å². The lowest BCUT2D eigenvalue weighted by Gasteiger charge is -2.19. The molecule has 0 aliphatic carbocycles. The molecular formula is C16H21N. The van der Waals surface area contributed by atoms with Gasteiger partial charge in [-0.15, -0.1) is 0 Å². The molecule has 0 aliphatic rings. The van der Waals surface area contributed by atoms with Crippen LogP contribution in [0, 0.1) is 19.8 Å². The highest BCUT2D eigenvalue weighted by Crippen LogP contribution is 2.29. The maximum atomic E-state index is 6.29. The number of hydrogen-bond donors (Lipinski definition) is 1. The highest BCUT2D eigenvalue weighted by Gasteiger charge is 2.13. The standard InChI is InChI=1S/C16H21N/c1-10(2)16(17)14-7-5-6-13-8-11(3)12(4)9-15(13)14/h5-10,16H,17H2,1-4H3. The molecule has 90 valence electrons. The zero-order chi connectivity index (χ0) is 12.6. The summed E-state index contributed by atoms with van der Waals surface area (Å²) in [4.78, 5) is 0. The summed E-state index contributed by atoms with van der Waals surface area (Å²) < 4.78 is 0. The summed E-state index contributed by atoms with van der Waals surface area (Å²) >= 11 is 0. The molecule has 0 radical (unpaired) electrons. The Bertz CT molecular complexity index is 540. The van der Waals surface area contributed by atoms with E-state index in [-0.39, 0.29) is 6.04 Å². The number of hydrogen-bond acceptors (Lipinski definition) is 1. The summed E-state index contributed by atoms with van der Waals surface area (Å²) in [6.07, 6.45) is 0. The molecule has 1 atom stereocenters. The molecule has 0 aliphatic heterocycles. The van der Waals surface area contributed by atoms with Gasteiger partial charge in [-0.2, -0.15) is 0 Å². The Kier molecular flexibility index (Phi) is 3.21. The average Bonchev–Trinajstić information content (AvgIpc) is 2.29. The van der Waals surface area contributed by atoms with Crippen molar-refractivity contribution in [2.24, 2.45) is 11.7 Å². The van der Waals surface area contributed by atoms with Crippen LogP contribution < -0.4 is 5.73 Å². The van der Waals surface area contributed by atoms with Gasteiger partial charge in [0.1, 0.15) is 0 Å². The zero-order valence-corrected chi connectivity index (χ0v) is 11.1. The third-order valence-electron chi connectivity index (χ3n) is 3.61. The molecule has 2 N–H and O–H groups in total. The summed E-state index contributed by atoms with van der Waals surface area (Å²) in [5, 5.41) is 2.60. The predicted molar refractivity (Wildman–Crippen MR) is 75.2 cm³/mol. The van der Waals surface area contributed by atoms with Gasteiger partial charge in [0.25, 0.3) is 0 Å². The first kappa shape index (κ1) is 12.1. The molecule has 1 nitrogen and oxygen atoms in total. The lowest BCUT2D eigenvalue weighted by molar-refractivity contribution is 0.517. The van der Waals surface area contributed by atoms with Crippen LogP contribution in [0.1, 0.15) is 36.6 Å². The van der Waals surface area contributed by atoms with E-state index in [4.69, 9.17) is 5.73 Å². The van der Waals surface area contributed by atoms with Crippen LogP contribution in [0.5, 0.6) is 0 Å². The van der Waals surface area contributed by atoms with Gasteiger partial charge in [0, 0.05) is 6.04 Å². The SMILES string of the molecule is Cc1cc2cccc(C(N)C(C)C)c2cc1C. The second kappa shape index (κ2) is 4.50. The molecule has 1 heteroatoms. The van der Waals surface area contributed by atoms with Crippen molar-refractivity contribution >= 4 is 10.8 Å². The molecule has 2 rings (SSSR count). The van der Waals surface area contributed by atoms with Gasteiger partial charge >= 0.3 is 0 Å². The van der Waals surface area contributed by atoms with E-state index in [9.17, 15) is 0 Å². The Morgan fingerprint density at radius 2 is 1.65 bits per heavy atom. The molecule has 0 saturated heterocycles. The molecule has 0 aromatic heterocycles. The van der Waals surface area contributed by atoms with Crippen LogP contribution in [0.15, 0.2) is 30.3 Å². The van der Waals surface area contributed by atoms with Crippen molar-refractivity contribution in [3.05, 3.63) is 47.0 Å². The van der Waals surface area contributed by atoms with Crippen LogP contribution in [0.3, 0.4) is 0 Å². The highest BCUT2D eigenvalue weighted by molar-refractivity contribution is 5.87. The van der Waals surface area contributed by atoms with E-state index >= 15 is 0 Å². The smallest absolute Gasteiger partial charge is 0.0324 e. The van der Waals surface area contributed by atoms with Crippen molar-refractivity contribution in [2.75, 3.05) is 0 Å². The summed E-state index contributed by atoms with van der Waals surface area (Å²) in [7, 11) is 0. The number of benzene rings is 2. The van der Waals surface area contributed by atoms with Crippen LogP contribution >= 0.6 is 0 Å². The first-order valence-electron chi connectivity index (χ1n) is 6.26. The largest absolute Gasteiger partial charge is 0.324 e. The zero-order valence-electron chi connectivity index (χ0n) is 11.1. The van der Waals surface area contributed by atoms with E-state index in [0.717, 1.165) is 0 Å². The van der Waals surface area contributed by atoms with E-state index in [0.29, 0.717) is 5.92 Å². The van der Waals surface area contributed by atoms with Crippen molar-refractivity contribution in [1.29, 1.82) is 0 Å². The molecular weight excluding hydrogens is 206 g/mol. The minimum atomic E-state index is 0.112. The van der Waals surface area contributed by atoms with Crippen molar-refractivity contribution in [1.82, 2.24) is 0 Å². The van der Waals surface area contributed by atoms with E-state index in [1.807, 2.05) is 0 Å². The minimum Gasteiger partial charge on any atom is -0.324 e. The van der Waals surface area contributed by atoms with E-state index in [1.165, 1.54) is 27.5 Å². The van der Waals surface area contributed by atoms with Gasteiger partial charge in [0.05, 0.1) is 0 Å². The molecule has 1 unspecified atom stereocenters. The first-order chi connectivity index (χ1) is 8.00. The van der Waals surface area contributed by atoms with Crippen LogP contribution in [-0.2, 0) is 0 Å². The van der Waals surface area contributed by atoms with Gasteiger partial charge in [0.2, 0.25) is 0 Å². The molecule has 0 spiro atoms. The molecule has 17 heavy (non-hydrogen) atoms. The van der Waals surface area contributed by atoms with E-state index in [1.54, 1.807) is 0 Å². The van der Waals surface area contributed by atoms with Gasteiger partial charge in [-0.05, 0) is 47.2 Å². The number of nitrogens with two attached hydrogens (primary N) is 1. The van der Waals surface area contributed by atoms with Crippen molar-refractivity contribution < 1.29 is 0 Å². The van der Waals surface area contributed by atoms with Crippen molar-refractivity contribution in [2.45, 2.75) is 33.7 Å². The fourth-order valence-electron chi connectivity index (χ4n) is 2.22. The van der Waals surface area contributed by atoms with E-state index in [2.05, 4.69) is 58.0 Å². The molecule has 2 aromatic rings. The fraction of sp³-hybridized carbons (Fsp3) is 0.375. The Hall–Kier alpha value is -1.34. The number of rotatable bonds is 2. The third-order valence-corrected chi connectivity index (χ3v) is 3.61. The Balaban J connectivity index is 2.68. The van der Waals surface area contributed by atoms with Gasteiger partial charge < -0.3 is 5.73 Å². The Morgan fingerprint density at radius 3 is 2.29 bits per heavy atom. The molecule has 0 fully saturated rings. The number of fused-ring (bicyclic) bond motifs is 1. The molecule has 0 heterocycles. The highest BCUT2D eigenvalue weighted by atomic mass is 14.6. The Labute approximate surface area is 104 Å². The van der Waals surface area contributed by atoms with Crippen molar-refractivity contribution in [3.8, 4) is 0 Å². The summed E-state index contributed by atoms with van der Waals surface area (Å²) in [6, 6.07) is 11.1. The van der Waals surface area contributed by atoms with E-state index < -0.39 is 0 Å². The average molecular weight is 227 g/mol. The Morgan fingerprint density at radius 1 is 1.00 bits per heavy atom. The lowest BCUT2D eigenvalue weighted by atomic mass is 9.91. The predicted octanol–water partition coefficient (Wildman–Crippen LogP) is 4.11. The van der Waals surface area contributed by atoms with Gasteiger partial charge in [-0.3, -0.25) is 0 Å². The quantitative estimate of drug-likeness (QED) is 0.820. The third kappa shape index (κ3) is 2.20. The molecule has 0 bridgehead atoms. The summed E-state index contributed by atoms with van der Waals surface area (Å²) in [6.45, 7) is 8.66. The maximum absolute atomic E-state index is 6.29. The fourth-order valence-corrected chi connectivity index (χ4v) is 2.22. The topological polar surface area (TPSA) is 26.0 Å². The molecule has 2 aromatic carbocycles. The van der Waals surface area contributed by atoms with Crippen molar-refractivity contribution in [3.63, 3.8) is 0 Å². The van der Waals surface area contributed by atoms with Crippen LogP contribution in [0.4, 0.5) is 0 Å². The summed E-state index contributed by atoms with van der Waals surface area (Å²) in [5.74, 6) is 0.460. The molecule has 0 amide bonds. The van der Waals surface area contributed by atoms with Crippen LogP contribution in [-0.4, -0.2) is 0 Å².